The van der Waals surface area contributed by atoms with Crippen molar-refractivity contribution in [3.63, 3.8) is 0 Å². The van der Waals surface area contributed by atoms with E-state index in [1.54, 1.807) is 0 Å². The smallest absolute Gasteiger partial charge is 0.321 e. The van der Waals surface area contributed by atoms with Crippen LogP contribution in [-0.2, 0) is 4.74 Å². The Labute approximate surface area is 172 Å². The summed E-state index contributed by atoms with van der Waals surface area (Å²) in [4.78, 5) is 17.0. The normalized spacial score (nSPS) is 21.0. The van der Waals surface area contributed by atoms with E-state index in [1.807, 2.05) is 35.2 Å². The van der Waals surface area contributed by atoms with Crippen molar-refractivity contribution in [2.45, 2.75) is 25.4 Å². The van der Waals surface area contributed by atoms with Gasteiger partial charge >= 0.3 is 6.03 Å². The largest absolute Gasteiger partial charge is 0.380 e. The minimum absolute atomic E-state index is 0.0312. The van der Waals surface area contributed by atoms with Gasteiger partial charge in [-0.05, 0) is 43.2 Å². The van der Waals surface area contributed by atoms with Gasteiger partial charge in [-0.15, -0.1) is 0 Å². The molecule has 2 aliphatic heterocycles. The average Bonchev–Trinajstić information content (AvgIpc) is 3.24. The Hall–Kier alpha value is -2.57. The number of carbonyl (C=O) groups excluding carboxylic acids is 1. The van der Waals surface area contributed by atoms with Crippen LogP contribution in [0, 0.1) is 0 Å². The number of benzene rings is 2. The summed E-state index contributed by atoms with van der Waals surface area (Å²) in [6.07, 6.45) is 0.957. The lowest BCUT2D eigenvalue weighted by atomic mass is 10.1. The summed E-state index contributed by atoms with van der Waals surface area (Å²) in [5, 5.41) is 6.54. The van der Waals surface area contributed by atoms with E-state index in [0.29, 0.717) is 18.6 Å². The molecule has 2 fully saturated rings. The van der Waals surface area contributed by atoms with Crippen molar-refractivity contribution in [2.24, 2.45) is 0 Å². The second-order valence-electron chi connectivity index (χ2n) is 7.82. The van der Waals surface area contributed by atoms with Gasteiger partial charge in [0.05, 0.1) is 13.2 Å². The van der Waals surface area contributed by atoms with Crippen molar-refractivity contribution in [1.82, 2.24) is 9.80 Å². The van der Waals surface area contributed by atoms with E-state index in [0.717, 1.165) is 50.6 Å². The highest BCUT2D eigenvalue weighted by atomic mass is 16.5. The molecule has 4 rings (SSSR count). The molecule has 2 atom stereocenters. The van der Waals surface area contributed by atoms with Crippen LogP contribution in [0.3, 0.4) is 0 Å². The van der Waals surface area contributed by atoms with E-state index in [1.165, 1.54) is 5.56 Å². The zero-order valence-corrected chi connectivity index (χ0v) is 17.0. The van der Waals surface area contributed by atoms with Crippen LogP contribution >= 0.6 is 0 Å². The van der Waals surface area contributed by atoms with Gasteiger partial charge in [0.15, 0.2) is 0 Å². The number of hydrogen-bond acceptors (Lipinski definition) is 4. The van der Waals surface area contributed by atoms with Crippen LogP contribution in [-0.4, -0.2) is 61.3 Å². The predicted octanol–water partition coefficient (Wildman–Crippen LogP) is 3.80. The molecule has 6 nitrogen and oxygen atoms in total. The Morgan fingerprint density at radius 2 is 1.72 bits per heavy atom. The highest BCUT2D eigenvalue weighted by Gasteiger charge is 2.26. The van der Waals surface area contributed by atoms with E-state index < -0.39 is 0 Å². The molecule has 2 amide bonds. The number of morpholine rings is 1. The predicted molar refractivity (Wildman–Crippen MR) is 116 cm³/mol. The molecule has 2 saturated heterocycles. The first-order valence-electron chi connectivity index (χ1n) is 10.5. The average molecular weight is 395 g/mol. The fourth-order valence-electron chi connectivity index (χ4n) is 4.06. The monoisotopic (exact) mass is 394 g/mol. The molecule has 6 heteroatoms. The molecule has 0 saturated carbocycles. The molecular formula is C23H30N4O2. The van der Waals surface area contributed by atoms with Crippen LogP contribution in [0.1, 0.15) is 24.9 Å². The quantitative estimate of drug-likeness (QED) is 0.810. The van der Waals surface area contributed by atoms with Crippen LogP contribution < -0.4 is 10.6 Å². The molecule has 0 spiro atoms. The number of para-hydroxylation sites is 1. The number of hydrogen-bond donors (Lipinski definition) is 2. The fourth-order valence-corrected chi connectivity index (χ4v) is 4.06. The van der Waals surface area contributed by atoms with Crippen molar-refractivity contribution in [3.8, 4) is 0 Å². The van der Waals surface area contributed by atoms with Gasteiger partial charge in [-0.25, -0.2) is 4.79 Å². The molecule has 29 heavy (non-hydrogen) atoms. The zero-order valence-electron chi connectivity index (χ0n) is 17.0. The Morgan fingerprint density at radius 1 is 1.00 bits per heavy atom. The lowest BCUT2D eigenvalue weighted by Crippen LogP contribution is -2.38. The van der Waals surface area contributed by atoms with Gasteiger partial charge in [-0.3, -0.25) is 4.90 Å². The lowest BCUT2D eigenvalue weighted by Gasteiger charge is -2.32. The number of amides is 2. The van der Waals surface area contributed by atoms with Gasteiger partial charge < -0.3 is 20.3 Å². The van der Waals surface area contributed by atoms with Crippen molar-refractivity contribution in [1.29, 1.82) is 0 Å². The molecule has 0 bridgehead atoms. The number of likely N-dealkylation sites (tertiary alicyclic amines) is 1. The molecule has 2 N–H and O–H groups in total. The van der Waals surface area contributed by atoms with Gasteiger partial charge in [0.25, 0.3) is 0 Å². The standard InChI is InChI=1S/C23H30N4O2/c1-18(26-13-15-29-16-14-26)19-7-9-21(10-8-19)25-23(28)27-12-11-22(17-27)24-20-5-3-2-4-6-20/h2-10,18,22,24H,11-17H2,1H3,(H,25,28). The Morgan fingerprint density at radius 3 is 2.45 bits per heavy atom. The number of rotatable bonds is 5. The number of nitrogens with zero attached hydrogens (tertiary/aromatic N) is 2. The lowest BCUT2D eigenvalue weighted by molar-refractivity contribution is 0.0198. The summed E-state index contributed by atoms with van der Waals surface area (Å²) >= 11 is 0. The number of nitrogens with one attached hydrogen (secondary N) is 2. The summed E-state index contributed by atoms with van der Waals surface area (Å²) < 4.78 is 5.44. The van der Waals surface area contributed by atoms with Crippen molar-refractivity contribution in [3.05, 3.63) is 60.2 Å². The van der Waals surface area contributed by atoms with Crippen molar-refractivity contribution < 1.29 is 9.53 Å². The van der Waals surface area contributed by atoms with Crippen LogP contribution in [0.2, 0.25) is 0 Å². The third kappa shape index (κ3) is 5.08. The maximum Gasteiger partial charge on any atom is 0.321 e. The van der Waals surface area contributed by atoms with Gasteiger partial charge in [-0.1, -0.05) is 30.3 Å². The SMILES string of the molecule is CC(c1ccc(NC(=O)N2CCC(Nc3ccccc3)C2)cc1)N1CCOCC1. The molecule has 0 aromatic heterocycles. The first-order chi connectivity index (χ1) is 14.2. The first kappa shape index (κ1) is 19.7. The summed E-state index contributed by atoms with van der Waals surface area (Å²) in [5.74, 6) is 0. The van der Waals surface area contributed by atoms with Crippen molar-refractivity contribution >= 4 is 17.4 Å². The van der Waals surface area contributed by atoms with Gasteiger partial charge in [0.1, 0.15) is 0 Å². The number of ether oxygens (including phenoxy) is 1. The summed E-state index contributed by atoms with van der Waals surface area (Å²) in [5.41, 5.74) is 3.20. The maximum absolute atomic E-state index is 12.6. The summed E-state index contributed by atoms with van der Waals surface area (Å²) in [6.45, 7) is 7.24. The van der Waals surface area contributed by atoms with Gasteiger partial charge in [0, 0.05) is 49.6 Å². The molecule has 0 radical (unpaired) electrons. The zero-order chi connectivity index (χ0) is 20.1. The van der Waals surface area contributed by atoms with Crippen molar-refractivity contribution in [2.75, 3.05) is 50.0 Å². The van der Waals surface area contributed by atoms with Crippen LogP contribution in [0.15, 0.2) is 54.6 Å². The van der Waals surface area contributed by atoms with E-state index in [-0.39, 0.29) is 6.03 Å². The Kier molecular flexibility index (Phi) is 6.32. The molecule has 0 aliphatic carbocycles. The Bertz CT molecular complexity index is 790. The van der Waals surface area contributed by atoms with E-state index in [4.69, 9.17) is 4.74 Å². The number of carbonyl (C=O) groups is 1. The van der Waals surface area contributed by atoms with E-state index >= 15 is 0 Å². The third-order valence-electron chi connectivity index (χ3n) is 5.86. The number of anilines is 2. The topological polar surface area (TPSA) is 56.8 Å². The minimum atomic E-state index is -0.0312. The third-order valence-corrected chi connectivity index (χ3v) is 5.86. The second kappa shape index (κ2) is 9.29. The maximum atomic E-state index is 12.6. The molecule has 2 aromatic rings. The highest BCUT2D eigenvalue weighted by molar-refractivity contribution is 5.89. The molecule has 2 unspecified atom stereocenters. The molecule has 2 aromatic carbocycles. The Balaban J connectivity index is 1.28. The fraction of sp³-hybridized carbons (Fsp3) is 0.435. The van der Waals surface area contributed by atoms with Crippen LogP contribution in [0.4, 0.5) is 16.2 Å². The molecule has 2 aliphatic rings. The number of urea groups is 1. The van der Waals surface area contributed by atoms with Gasteiger partial charge in [0.2, 0.25) is 0 Å². The molecule has 2 heterocycles. The van der Waals surface area contributed by atoms with Crippen LogP contribution in [0.5, 0.6) is 0 Å². The second-order valence-corrected chi connectivity index (χ2v) is 7.82. The van der Waals surface area contributed by atoms with E-state index in [9.17, 15) is 4.79 Å². The highest BCUT2D eigenvalue weighted by Crippen LogP contribution is 2.23. The minimum Gasteiger partial charge on any atom is -0.380 e. The first-order valence-corrected chi connectivity index (χ1v) is 10.5. The summed E-state index contributed by atoms with van der Waals surface area (Å²) in [6, 6.07) is 19.0. The van der Waals surface area contributed by atoms with Gasteiger partial charge in [-0.2, -0.15) is 0 Å². The molecular weight excluding hydrogens is 364 g/mol. The van der Waals surface area contributed by atoms with E-state index in [2.05, 4.69) is 46.7 Å². The molecule has 154 valence electrons. The summed E-state index contributed by atoms with van der Waals surface area (Å²) in [7, 11) is 0. The van der Waals surface area contributed by atoms with Crippen LogP contribution in [0.25, 0.3) is 0 Å².